The summed E-state index contributed by atoms with van der Waals surface area (Å²) < 4.78 is 13.4. The molecule has 5 aromatic rings. The third-order valence-electron chi connectivity index (χ3n) is 5.60. The highest BCUT2D eigenvalue weighted by Crippen LogP contribution is 2.30. The zero-order chi connectivity index (χ0) is 24.7. The maximum absolute atomic E-state index is 5.97. The van der Waals surface area contributed by atoms with Crippen LogP contribution >= 0.6 is 11.6 Å². The Bertz CT molecular complexity index is 1460. The van der Waals surface area contributed by atoms with Gasteiger partial charge in [-0.1, -0.05) is 72.3 Å². The molecule has 0 fully saturated rings. The van der Waals surface area contributed by atoms with Gasteiger partial charge >= 0.3 is 0 Å². The van der Waals surface area contributed by atoms with Crippen molar-refractivity contribution in [2.24, 2.45) is 4.99 Å². The Morgan fingerprint density at radius 2 is 1.56 bits per heavy atom. The van der Waals surface area contributed by atoms with Crippen LogP contribution in [0.4, 0.5) is 5.82 Å². The standard InChI is InChI=1S/C30H24ClN3O2/c1-35-29-18-23(14-17-28(29)36-21-22-12-15-25(31)16-13-22)20-32-30-19-27(24-8-4-2-5-9-24)33-34(30)26-10-6-3-7-11-26/h2-20H,21H2,1H3. The molecule has 5 rings (SSSR count). The predicted octanol–water partition coefficient (Wildman–Crippen LogP) is 7.53. The number of rotatable bonds is 8. The van der Waals surface area contributed by atoms with E-state index in [0.717, 1.165) is 33.9 Å². The summed E-state index contributed by atoms with van der Waals surface area (Å²) in [6, 6.07) is 35.4. The SMILES string of the molecule is COc1cc(C=Nc2cc(-c3ccccc3)nn2-c2ccccc2)ccc1OCc1ccc(Cl)cc1. The molecule has 0 radical (unpaired) electrons. The van der Waals surface area contributed by atoms with Crippen LogP contribution < -0.4 is 9.47 Å². The first-order valence-electron chi connectivity index (χ1n) is 11.5. The van der Waals surface area contributed by atoms with E-state index < -0.39 is 0 Å². The molecule has 0 amide bonds. The van der Waals surface area contributed by atoms with Crippen LogP contribution in [0.3, 0.4) is 0 Å². The molecular weight excluding hydrogens is 470 g/mol. The van der Waals surface area contributed by atoms with E-state index in [9.17, 15) is 0 Å². The van der Waals surface area contributed by atoms with Crippen LogP contribution in [0.2, 0.25) is 5.02 Å². The molecule has 5 nitrogen and oxygen atoms in total. The first kappa shape index (κ1) is 23.4. The molecule has 0 unspecified atom stereocenters. The zero-order valence-electron chi connectivity index (χ0n) is 19.7. The highest BCUT2D eigenvalue weighted by Gasteiger charge is 2.11. The van der Waals surface area contributed by atoms with Gasteiger partial charge in [-0.05, 0) is 53.6 Å². The van der Waals surface area contributed by atoms with Crippen molar-refractivity contribution >= 4 is 23.6 Å². The average molecular weight is 494 g/mol. The Balaban J connectivity index is 1.40. The van der Waals surface area contributed by atoms with Crippen LogP contribution in [-0.2, 0) is 6.61 Å². The quantitative estimate of drug-likeness (QED) is 0.210. The number of benzene rings is 4. The van der Waals surface area contributed by atoms with Crippen molar-refractivity contribution in [1.29, 1.82) is 0 Å². The topological polar surface area (TPSA) is 48.6 Å². The number of methoxy groups -OCH3 is 1. The third kappa shape index (κ3) is 5.48. The summed E-state index contributed by atoms with van der Waals surface area (Å²) in [5, 5.41) is 5.52. The summed E-state index contributed by atoms with van der Waals surface area (Å²) in [5.41, 5.74) is 4.74. The number of hydrogen-bond acceptors (Lipinski definition) is 4. The summed E-state index contributed by atoms with van der Waals surface area (Å²) in [6.45, 7) is 0.416. The van der Waals surface area contributed by atoms with Gasteiger partial charge < -0.3 is 9.47 Å². The monoisotopic (exact) mass is 493 g/mol. The van der Waals surface area contributed by atoms with E-state index in [-0.39, 0.29) is 0 Å². The van der Waals surface area contributed by atoms with Gasteiger partial charge in [0.2, 0.25) is 0 Å². The molecular formula is C30H24ClN3O2. The summed E-state index contributed by atoms with van der Waals surface area (Å²) >= 11 is 5.97. The lowest BCUT2D eigenvalue weighted by atomic mass is 10.1. The minimum Gasteiger partial charge on any atom is -0.493 e. The smallest absolute Gasteiger partial charge is 0.161 e. The molecule has 6 heteroatoms. The lowest BCUT2D eigenvalue weighted by Gasteiger charge is -2.11. The molecule has 0 atom stereocenters. The van der Waals surface area contributed by atoms with Gasteiger partial charge in [-0.25, -0.2) is 9.67 Å². The van der Waals surface area contributed by atoms with Crippen molar-refractivity contribution < 1.29 is 9.47 Å². The van der Waals surface area contributed by atoms with Gasteiger partial charge in [0.05, 0.1) is 18.5 Å². The highest BCUT2D eigenvalue weighted by atomic mass is 35.5. The molecule has 0 aliphatic rings. The Labute approximate surface area is 215 Å². The zero-order valence-corrected chi connectivity index (χ0v) is 20.5. The van der Waals surface area contributed by atoms with E-state index in [1.165, 1.54) is 0 Å². The largest absolute Gasteiger partial charge is 0.493 e. The van der Waals surface area contributed by atoms with Crippen LogP contribution in [0, 0.1) is 0 Å². The Hall–Kier alpha value is -4.35. The Morgan fingerprint density at radius 1 is 0.833 bits per heavy atom. The van der Waals surface area contributed by atoms with Crippen LogP contribution in [0.1, 0.15) is 11.1 Å². The lowest BCUT2D eigenvalue weighted by molar-refractivity contribution is 0.284. The number of aliphatic imine (C=N–C) groups is 1. The molecule has 0 saturated carbocycles. The molecule has 0 bridgehead atoms. The molecule has 0 spiro atoms. The summed E-state index contributed by atoms with van der Waals surface area (Å²) in [4.78, 5) is 4.77. The van der Waals surface area contributed by atoms with E-state index in [1.54, 1.807) is 13.3 Å². The molecule has 1 heterocycles. The molecule has 0 saturated heterocycles. The normalized spacial score (nSPS) is 11.1. The van der Waals surface area contributed by atoms with Crippen LogP contribution in [-0.4, -0.2) is 23.1 Å². The number of halogens is 1. The van der Waals surface area contributed by atoms with E-state index in [1.807, 2.05) is 114 Å². The first-order valence-corrected chi connectivity index (χ1v) is 11.9. The van der Waals surface area contributed by atoms with Gasteiger partial charge in [0.15, 0.2) is 17.3 Å². The first-order chi connectivity index (χ1) is 17.7. The van der Waals surface area contributed by atoms with Crippen molar-refractivity contribution in [2.45, 2.75) is 6.61 Å². The average Bonchev–Trinajstić information content (AvgIpc) is 3.37. The molecule has 0 N–H and O–H groups in total. The Kier molecular flexibility index (Phi) is 7.10. The van der Waals surface area contributed by atoms with Crippen LogP contribution in [0.5, 0.6) is 11.5 Å². The number of para-hydroxylation sites is 1. The second kappa shape index (κ2) is 10.9. The number of nitrogens with zero attached hydrogens (tertiary/aromatic N) is 3. The number of ether oxygens (including phenoxy) is 2. The summed E-state index contributed by atoms with van der Waals surface area (Å²) in [5.74, 6) is 2.02. The molecule has 178 valence electrons. The highest BCUT2D eigenvalue weighted by molar-refractivity contribution is 6.30. The van der Waals surface area contributed by atoms with Crippen molar-refractivity contribution in [2.75, 3.05) is 7.11 Å². The summed E-state index contributed by atoms with van der Waals surface area (Å²) in [6.07, 6.45) is 1.80. The fraction of sp³-hybridized carbons (Fsp3) is 0.0667. The third-order valence-corrected chi connectivity index (χ3v) is 5.85. The molecule has 1 aromatic heterocycles. The predicted molar refractivity (Wildman–Crippen MR) is 145 cm³/mol. The van der Waals surface area contributed by atoms with Crippen molar-refractivity contribution in [3.8, 4) is 28.4 Å². The number of aromatic nitrogens is 2. The molecule has 36 heavy (non-hydrogen) atoms. The van der Waals surface area contributed by atoms with Crippen LogP contribution in [0.25, 0.3) is 16.9 Å². The minimum absolute atomic E-state index is 0.416. The fourth-order valence-electron chi connectivity index (χ4n) is 3.74. The van der Waals surface area contributed by atoms with Gasteiger partial charge in [-0.2, -0.15) is 5.10 Å². The van der Waals surface area contributed by atoms with E-state index in [2.05, 4.69) is 0 Å². The lowest BCUT2D eigenvalue weighted by Crippen LogP contribution is -1.98. The molecule has 0 aliphatic carbocycles. The Morgan fingerprint density at radius 3 is 2.28 bits per heavy atom. The second-order valence-electron chi connectivity index (χ2n) is 8.08. The van der Waals surface area contributed by atoms with Crippen molar-refractivity contribution in [3.63, 3.8) is 0 Å². The molecule has 0 aliphatic heterocycles. The van der Waals surface area contributed by atoms with Gasteiger partial charge in [0, 0.05) is 22.9 Å². The fourth-order valence-corrected chi connectivity index (χ4v) is 3.86. The van der Waals surface area contributed by atoms with Crippen molar-refractivity contribution in [3.05, 3.63) is 125 Å². The minimum atomic E-state index is 0.416. The van der Waals surface area contributed by atoms with E-state index >= 15 is 0 Å². The van der Waals surface area contributed by atoms with Crippen molar-refractivity contribution in [1.82, 2.24) is 9.78 Å². The van der Waals surface area contributed by atoms with E-state index in [0.29, 0.717) is 23.1 Å². The van der Waals surface area contributed by atoms with Gasteiger partial charge in [-0.3, -0.25) is 0 Å². The van der Waals surface area contributed by atoms with Gasteiger partial charge in [0.1, 0.15) is 6.61 Å². The van der Waals surface area contributed by atoms with E-state index in [4.69, 9.17) is 31.2 Å². The molecule has 4 aromatic carbocycles. The second-order valence-corrected chi connectivity index (χ2v) is 8.52. The summed E-state index contributed by atoms with van der Waals surface area (Å²) in [7, 11) is 1.63. The maximum atomic E-state index is 5.97. The van der Waals surface area contributed by atoms with Gasteiger partial charge in [0.25, 0.3) is 0 Å². The van der Waals surface area contributed by atoms with Crippen LogP contribution in [0.15, 0.2) is 114 Å². The van der Waals surface area contributed by atoms with Gasteiger partial charge in [-0.15, -0.1) is 0 Å². The maximum Gasteiger partial charge on any atom is 0.161 e. The number of hydrogen-bond donors (Lipinski definition) is 0.